The van der Waals surface area contributed by atoms with Gasteiger partial charge in [-0.1, -0.05) is 26.0 Å². The van der Waals surface area contributed by atoms with Gasteiger partial charge in [-0.3, -0.25) is 5.92 Å². The number of aliphatic imine (C=N–C) groups is 1. The molecule has 0 aliphatic rings. The summed E-state index contributed by atoms with van der Waals surface area (Å²) in [4.78, 5) is 3.91. The summed E-state index contributed by atoms with van der Waals surface area (Å²) in [6.07, 6.45) is 3.58. The molecule has 0 spiro atoms. The van der Waals surface area contributed by atoms with Crippen molar-refractivity contribution in [1.82, 2.24) is 0 Å². The molecule has 3 heteroatoms. The third-order valence-corrected chi connectivity index (χ3v) is 1.47. The van der Waals surface area contributed by atoms with Crippen molar-refractivity contribution in [2.75, 3.05) is 6.54 Å². The van der Waals surface area contributed by atoms with E-state index in [9.17, 15) is 0 Å². The molecule has 0 radical (unpaired) electrons. The number of hydrogen-bond acceptors (Lipinski definition) is 2. The van der Waals surface area contributed by atoms with Crippen LogP contribution in [0.3, 0.4) is 0 Å². The minimum Gasteiger partial charge on any atom is -0.494 e. The van der Waals surface area contributed by atoms with E-state index in [-0.39, 0.29) is 28.5 Å². The molecule has 0 aromatic carbocycles. The zero-order chi connectivity index (χ0) is 11.2. The van der Waals surface area contributed by atoms with Gasteiger partial charge >= 0.3 is 21.1 Å². The first kappa shape index (κ1) is 21.5. The van der Waals surface area contributed by atoms with Gasteiger partial charge in [0.2, 0.25) is 0 Å². The van der Waals surface area contributed by atoms with Gasteiger partial charge in [0.15, 0.2) is 0 Å². The molecular formula is C14H16NSW-. The smallest absolute Gasteiger partial charge is 0.494 e. The molecule has 90 valence electrons. The summed E-state index contributed by atoms with van der Waals surface area (Å²) in [5, 5.41) is 2.72. The molecule has 0 bridgehead atoms. The molecule has 0 atom stereocenters. The summed E-state index contributed by atoms with van der Waals surface area (Å²) in [6, 6.07) is 0. The van der Waals surface area contributed by atoms with Crippen LogP contribution < -0.4 is 0 Å². The molecule has 0 aromatic rings. The summed E-state index contributed by atoms with van der Waals surface area (Å²) in [5.41, 5.74) is 2.72. The second-order valence-electron chi connectivity index (χ2n) is 2.29. The molecule has 0 saturated carbocycles. The van der Waals surface area contributed by atoms with Crippen LogP contribution in [0.15, 0.2) is 4.99 Å². The van der Waals surface area contributed by atoms with Crippen LogP contribution in [0.5, 0.6) is 0 Å². The van der Waals surface area contributed by atoms with Crippen LogP contribution in [-0.4, -0.2) is 12.1 Å². The van der Waals surface area contributed by atoms with Crippen LogP contribution in [0, 0.1) is 48.2 Å². The van der Waals surface area contributed by atoms with Gasteiger partial charge < -0.3 is 17.5 Å². The van der Waals surface area contributed by atoms with Crippen LogP contribution in [0.2, 0.25) is 0 Å². The summed E-state index contributed by atoms with van der Waals surface area (Å²) < 4.78 is 0. The number of rotatable bonds is 4. The van der Waals surface area contributed by atoms with Gasteiger partial charge in [0.25, 0.3) is 0 Å². The molecule has 0 saturated heterocycles. The van der Waals surface area contributed by atoms with E-state index in [4.69, 9.17) is 0 Å². The molecule has 17 heavy (non-hydrogen) atoms. The predicted octanol–water partition coefficient (Wildman–Crippen LogP) is 3.06. The van der Waals surface area contributed by atoms with E-state index >= 15 is 0 Å². The van der Waals surface area contributed by atoms with Crippen molar-refractivity contribution in [3.8, 4) is 34.9 Å². The topological polar surface area (TPSA) is 12.4 Å². The Bertz CT molecular complexity index is 355. The molecule has 0 aliphatic carbocycles. The second-order valence-corrected chi connectivity index (χ2v) is 2.88. The third-order valence-electron chi connectivity index (χ3n) is 1.05. The van der Waals surface area contributed by atoms with E-state index in [1.165, 1.54) is 11.8 Å². The quantitative estimate of drug-likeness (QED) is 0.298. The maximum Gasteiger partial charge on any atom is 2.00 e. The van der Waals surface area contributed by atoms with E-state index in [1.807, 2.05) is 13.3 Å². The molecule has 0 amide bonds. The molecule has 0 fully saturated rings. The Balaban J connectivity index is -0.000000980. The largest absolute Gasteiger partial charge is 2.00 e. The van der Waals surface area contributed by atoms with Gasteiger partial charge in [-0.15, -0.1) is 5.92 Å². The molecule has 0 aromatic heterocycles. The standard InChI is InChI=1S/C13H12NS.CH4.W/c1-3-5-6-7-8-9-10-12-15-13-14-11-4-2;;/h5H,2-4,11H2,1H3;1H4;/q-3;;+2. The van der Waals surface area contributed by atoms with Crippen LogP contribution in [0.1, 0.15) is 27.2 Å². The SMILES string of the molecule is C.[CH2-]CCN=[C-]SC#CC#CC#C[CH-]CC.[W+2]. The maximum atomic E-state index is 3.91. The Hall–Kier alpha value is -0.742. The summed E-state index contributed by atoms with van der Waals surface area (Å²) in [5.74, 6) is 13.3. The molecule has 0 N–H and O–H groups in total. The number of nitrogens with zero attached hydrogens (tertiary/aromatic N) is 1. The van der Waals surface area contributed by atoms with Gasteiger partial charge in [-0.25, -0.2) is 17.7 Å². The fourth-order valence-electron chi connectivity index (χ4n) is 0.483. The number of thioether (sulfide) groups is 1. The fourth-order valence-corrected chi connectivity index (χ4v) is 0.786. The molecule has 0 heterocycles. The van der Waals surface area contributed by atoms with Gasteiger partial charge in [0, 0.05) is 0 Å². The summed E-state index contributed by atoms with van der Waals surface area (Å²) in [6.45, 7) is 6.37. The van der Waals surface area contributed by atoms with Crippen molar-refractivity contribution >= 4 is 17.3 Å². The minimum atomic E-state index is 0. The van der Waals surface area contributed by atoms with Gasteiger partial charge in [-0.05, 0) is 18.4 Å². The molecule has 0 rings (SSSR count). The monoisotopic (exact) mass is 414 g/mol. The van der Waals surface area contributed by atoms with Crippen LogP contribution >= 0.6 is 11.8 Å². The number of unbranched alkanes of at least 4 members (excludes halogenated alkanes) is 1. The Morgan fingerprint density at radius 2 is 2.00 bits per heavy atom. The summed E-state index contributed by atoms with van der Waals surface area (Å²) in [7, 11) is 0. The average Bonchev–Trinajstić information content (AvgIpc) is 2.26. The first-order valence-corrected chi connectivity index (χ1v) is 5.42. The van der Waals surface area contributed by atoms with Crippen LogP contribution in [0.25, 0.3) is 0 Å². The van der Waals surface area contributed by atoms with Gasteiger partial charge in [0.05, 0.1) is 0 Å². The van der Waals surface area contributed by atoms with Crippen molar-refractivity contribution < 1.29 is 21.1 Å². The maximum absolute atomic E-state index is 3.91. The zero-order valence-electron chi connectivity index (χ0n) is 9.17. The number of hydrogen-bond donors (Lipinski definition) is 0. The van der Waals surface area contributed by atoms with Crippen molar-refractivity contribution in [1.29, 1.82) is 0 Å². The van der Waals surface area contributed by atoms with E-state index in [0.717, 1.165) is 12.8 Å². The minimum absolute atomic E-state index is 0. The van der Waals surface area contributed by atoms with Crippen molar-refractivity contribution in [2.45, 2.75) is 27.2 Å². The third kappa shape index (κ3) is 21.2. The molecule has 0 aliphatic heterocycles. The molecule has 0 unspecified atom stereocenters. The van der Waals surface area contributed by atoms with E-state index in [2.05, 4.69) is 52.3 Å². The Morgan fingerprint density at radius 1 is 1.29 bits per heavy atom. The van der Waals surface area contributed by atoms with Crippen LogP contribution in [-0.2, 0) is 21.1 Å². The summed E-state index contributed by atoms with van der Waals surface area (Å²) >= 11 is 1.20. The first-order chi connectivity index (χ1) is 7.41. The normalized spacial score (nSPS) is 6.94. The fraction of sp³-hybridized carbons (Fsp3) is 0.357. The Kier molecular flexibility index (Phi) is 26.1. The second kappa shape index (κ2) is 20.6. The zero-order valence-corrected chi connectivity index (χ0v) is 12.9. The average molecular weight is 414 g/mol. The van der Waals surface area contributed by atoms with E-state index in [0.29, 0.717) is 6.54 Å². The molecular weight excluding hydrogens is 398 g/mol. The molecule has 1 nitrogen and oxygen atoms in total. The Morgan fingerprint density at radius 3 is 2.65 bits per heavy atom. The first-order valence-electron chi connectivity index (χ1n) is 4.60. The van der Waals surface area contributed by atoms with E-state index < -0.39 is 0 Å². The van der Waals surface area contributed by atoms with Gasteiger partial charge in [0.1, 0.15) is 0 Å². The van der Waals surface area contributed by atoms with Crippen molar-refractivity contribution in [3.63, 3.8) is 0 Å². The van der Waals surface area contributed by atoms with Crippen molar-refractivity contribution in [3.05, 3.63) is 13.3 Å². The predicted molar refractivity (Wildman–Crippen MR) is 74.5 cm³/mol. The van der Waals surface area contributed by atoms with Crippen LogP contribution in [0.4, 0.5) is 0 Å². The van der Waals surface area contributed by atoms with E-state index in [1.54, 1.807) is 0 Å². The van der Waals surface area contributed by atoms with Gasteiger partial charge in [-0.2, -0.15) is 12.8 Å². The Labute approximate surface area is 125 Å². The van der Waals surface area contributed by atoms with Crippen molar-refractivity contribution in [2.24, 2.45) is 4.99 Å².